The first kappa shape index (κ1) is 26.8. The normalized spacial score (nSPS) is 26.1. The van der Waals surface area contributed by atoms with Crippen LogP contribution in [-0.4, -0.2) is 65.2 Å². The van der Waals surface area contributed by atoms with E-state index in [1.54, 1.807) is 4.90 Å². The molecule has 2 aliphatic carbocycles. The summed E-state index contributed by atoms with van der Waals surface area (Å²) in [6, 6.07) is 0. The molecule has 1 N–H and O–H groups in total. The van der Waals surface area contributed by atoms with E-state index in [0.29, 0.717) is 51.5 Å². The van der Waals surface area contributed by atoms with Crippen molar-refractivity contribution in [3.63, 3.8) is 0 Å². The highest BCUT2D eigenvalue weighted by atomic mass is 19.3. The van der Waals surface area contributed by atoms with Gasteiger partial charge in [0.25, 0.3) is 5.92 Å². The lowest BCUT2D eigenvalue weighted by Gasteiger charge is -2.34. The van der Waals surface area contributed by atoms with E-state index in [1.807, 2.05) is 32.6 Å². The van der Waals surface area contributed by atoms with Gasteiger partial charge in [0.15, 0.2) is 11.6 Å². The summed E-state index contributed by atoms with van der Waals surface area (Å²) >= 11 is 0. The van der Waals surface area contributed by atoms with Gasteiger partial charge in [-0.3, -0.25) is 0 Å². The number of anilines is 2. The molecule has 1 amide bonds. The van der Waals surface area contributed by atoms with E-state index < -0.39 is 22.8 Å². The third-order valence-electron chi connectivity index (χ3n) is 8.03. The summed E-state index contributed by atoms with van der Waals surface area (Å²) in [7, 11) is 0. The molecule has 1 aliphatic heterocycles. The number of ether oxygens (including phenoxy) is 1. The number of hydrogen-bond donors (Lipinski definition) is 1. The van der Waals surface area contributed by atoms with E-state index in [2.05, 4.69) is 15.3 Å². The minimum absolute atomic E-state index is 0.0276. The maximum absolute atomic E-state index is 15.4. The van der Waals surface area contributed by atoms with Crippen LogP contribution in [0.15, 0.2) is 6.33 Å². The summed E-state index contributed by atoms with van der Waals surface area (Å²) in [5.41, 5.74) is -1.28. The van der Waals surface area contributed by atoms with Gasteiger partial charge in [0.1, 0.15) is 11.9 Å². The number of carbonyl (C=O) groups is 1. The van der Waals surface area contributed by atoms with Crippen LogP contribution >= 0.6 is 0 Å². The second-order valence-electron chi connectivity index (χ2n) is 11.8. The van der Waals surface area contributed by atoms with Crippen molar-refractivity contribution in [2.45, 2.75) is 84.2 Å². The highest BCUT2D eigenvalue weighted by molar-refractivity contribution is 5.68. The zero-order valence-electron chi connectivity index (χ0n) is 22.0. The molecule has 0 atom stereocenters. The maximum atomic E-state index is 15.4. The first-order valence-electron chi connectivity index (χ1n) is 13.3. The molecule has 36 heavy (non-hydrogen) atoms. The van der Waals surface area contributed by atoms with Crippen molar-refractivity contribution in [1.29, 1.82) is 0 Å². The van der Waals surface area contributed by atoms with Crippen molar-refractivity contribution in [1.82, 2.24) is 14.9 Å². The monoisotopic (exact) mass is 511 g/mol. The Balaban J connectivity index is 1.28. The van der Waals surface area contributed by atoms with Crippen molar-refractivity contribution in [2.75, 3.05) is 42.9 Å². The number of hydrogen-bond acceptors (Lipinski definition) is 6. The minimum Gasteiger partial charge on any atom is -0.444 e. The van der Waals surface area contributed by atoms with Gasteiger partial charge in [0.2, 0.25) is 5.82 Å². The Labute approximate surface area is 212 Å². The second kappa shape index (κ2) is 10.2. The van der Waals surface area contributed by atoms with Gasteiger partial charge in [-0.2, -0.15) is 4.39 Å². The van der Waals surface area contributed by atoms with Crippen LogP contribution in [0.1, 0.15) is 72.6 Å². The fourth-order valence-corrected chi connectivity index (χ4v) is 5.60. The number of nitrogens with one attached hydrogen (secondary N) is 1. The summed E-state index contributed by atoms with van der Waals surface area (Å²) in [4.78, 5) is 24.2. The molecule has 0 radical (unpaired) electrons. The molecule has 2 heterocycles. The highest BCUT2D eigenvalue weighted by Crippen LogP contribution is 2.67. The van der Waals surface area contributed by atoms with E-state index in [1.165, 1.54) is 6.33 Å². The largest absolute Gasteiger partial charge is 0.444 e. The Morgan fingerprint density at radius 3 is 2.36 bits per heavy atom. The number of aromatic nitrogens is 2. The van der Waals surface area contributed by atoms with E-state index in [4.69, 9.17) is 4.74 Å². The number of likely N-dealkylation sites (tertiary alicyclic amines) is 1. The fourth-order valence-electron chi connectivity index (χ4n) is 5.60. The zero-order chi connectivity index (χ0) is 26.1. The van der Waals surface area contributed by atoms with E-state index >= 15 is 4.39 Å². The van der Waals surface area contributed by atoms with Crippen molar-refractivity contribution >= 4 is 17.7 Å². The molecule has 1 aromatic heterocycles. The number of rotatable bonds is 7. The molecule has 4 rings (SSSR count). The molecular weight excluding hydrogens is 471 g/mol. The minimum atomic E-state index is -2.49. The molecule has 202 valence electrons. The topological polar surface area (TPSA) is 70.6 Å². The number of alkyl halides is 2. The molecule has 1 spiro atoms. The van der Waals surface area contributed by atoms with Crippen LogP contribution in [0, 0.1) is 23.1 Å². The Hall–Kier alpha value is -2.26. The van der Waals surface area contributed by atoms with Crippen LogP contribution in [0.2, 0.25) is 0 Å². The molecule has 10 heteroatoms. The molecule has 0 aromatic carbocycles. The molecule has 2 saturated carbocycles. The Kier molecular flexibility index (Phi) is 7.62. The quantitative estimate of drug-likeness (QED) is 0.505. The SMILES string of the molecule is CCN(CC1CCC2(CC1)CC2(F)F)c1ncnc(NCC2CCN(C(=O)OC(C)(C)C)CC2)c1F. The van der Waals surface area contributed by atoms with E-state index in [9.17, 15) is 13.6 Å². The van der Waals surface area contributed by atoms with E-state index in [-0.39, 0.29) is 30.1 Å². The Bertz CT molecular complexity index is 923. The summed E-state index contributed by atoms with van der Waals surface area (Å²) in [5, 5.41) is 3.15. The Morgan fingerprint density at radius 2 is 1.81 bits per heavy atom. The van der Waals surface area contributed by atoms with Gasteiger partial charge < -0.3 is 19.9 Å². The van der Waals surface area contributed by atoms with Crippen LogP contribution < -0.4 is 10.2 Å². The predicted molar refractivity (Wildman–Crippen MR) is 133 cm³/mol. The third kappa shape index (κ3) is 5.99. The van der Waals surface area contributed by atoms with Crippen molar-refractivity contribution in [2.24, 2.45) is 17.3 Å². The summed E-state index contributed by atoms with van der Waals surface area (Å²) in [5.74, 6) is -1.99. The number of halogens is 3. The van der Waals surface area contributed by atoms with Crippen LogP contribution in [-0.2, 0) is 4.74 Å². The molecule has 3 fully saturated rings. The first-order chi connectivity index (χ1) is 16.9. The third-order valence-corrected chi connectivity index (χ3v) is 8.03. The average Bonchev–Trinajstić information content (AvgIpc) is 3.36. The lowest BCUT2D eigenvalue weighted by molar-refractivity contribution is 0.0188. The number of nitrogens with zero attached hydrogens (tertiary/aromatic N) is 4. The van der Waals surface area contributed by atoms with E-state index in [0.717, 1.165) is 25.7 Å². The lowest BCUT2D eigenvalue weighted by atomic mass is 9.79. The molecule has 7 nitrogen and oxygen atoms in total. The second-order valence-corrected chi connectivity index (χ2v) is 11.8. The summed E-state index contributed by atoms with van der Waals surface area (Å²) < 4.78 is 48.2. The number of piperidine rings is 1. The maximum Gasteiger partial charge on any atom is 0.410 e. The van der Waals surface area contributed by atoms with Crippen LogP contribution in [0.3, 0.4) is 0 Å². The summed E-state index contributed by atoms with van der Waals surface area (Å²) in [6.07, 6.45) is 5.29. The van der Waals surface area contributed by atoms with Crippen LogP contribution in [0.5, 0.6) is 0 Å². The van der Waals surface area contributed by atoms with Gasteiger partial charge in [0.05, 0.1) is 0 Å². The van der Waals surface area contributed by atoms with Crippen molar-refractivity contribution < 1.29 is 22.7 Å². The molecule has 0 bridgehead atoms. The van der Waals surface area contributed by atoms with Gasteiger partial charge in [-0.25, -0.2) is 23.5 Å². The molecular formula is C26H40F3N5O2. The van der Waals surface area contributed by atoms with Gasteiger partial charge in [0, 0.05) is 44.6 Å². The number of amides is 1. The molecule has 3 aliphatic rings. The van der Waals surface area contributed by atoms with Gasteiger partial charge in [-0.05, 0) is 78.1 Å². The van der Waals surface area contributed by atoms with Gasteiger partial charge in [-0.15, -0.1) is 0 Å². The first-order valence-corrected chi connectivity index (χ1v) is 13.3. The summed E-state index contributed by atoms with van der Waals surface area (Å²) in [6.45, 7) is 10.5. The standard InChI is InChI=1S/C26H40F3N5O2/c1-5-33(15-19-6-10-25(11-7-19)16-26(25,28)29)22-20(27)21(31-17-32-22)30-14-18-8-12-34(13-9-18)23(35)36-24(2,3)4/h17-19H,5-16H2,1-4H3,(H,30,31,32). The average molecular weight is 512 g/mol. The lowest BCUT2D eigenvalue weighted by Crippen LogP contribution is -2.42. The zero-order valence-corrected chi connectivity index (χ0v) is 22.0. The molecule has 1 saturated heterocycles. The highest BCUT2D eigenvalue weighted by Gasteiger charge is 2.70. The van der Waals surface area contributed by atoms with Crippen LogP contribution in [0.25, 0.3) is 0 Å². The Morgan fingerprint density at radius 1 is 1.17 bits per heavy atom. The van der Waals surface area contributed by atoms with Crippen molar-refractivity contribution in [3.8, 4) is 0 Å². The smallest absolute Gasteiger partial charge is 0.410 e. The molecule has 1 aromatic rings. The van der Waals surface area contributed by atoms with Crippen molar-refractivity contribution in [3.05, 3.63) is 12.1 Å². The van der Waals surface area contributed by atoms with Gasteiger partial charge >= 0.3 is 6.09 Å². The fraction of sp³-hybridized carbons (Fsp3) is 0.808. The van der Waals surface area contributed by atoms with Gasteiger partial charge in [-0.1, -0.05) is 0 Å². The molecule has 0 unspecified atom stereocenters. The number of carbonyl (C=O) groups excluding carboxylic acids is 1. The van der Waals surface area contributed by atoms with Crippen LogP contribution in [0.4, 0.5) is 29.6 Å². The predicted octanol–water partition coefficient (Wildman–Crippen LogP) is 5.72.